The maximum absolute atomic E-state index is 5.43. The number of hydrogen-bond acceptors (Lipinski definition) is 4. The molecule has 0 bridgehead atoms. The molecule has 2 aromatic heterocycles. The lowest BCUT2D eigenvalue weighted by Gasteiger charge is -1.90. The highest BCUT2D eigenvalue weighted by molar-refractivity contribution is 5.57. The van der Waals surface area contributed by atoms with Gasteiger partial charge in [0.2, 0.25) is 0 Å². The van der Waals surface area contributed by atoms with E-state index in [1.165, 1.54) is 10.8 Å². The second-order valence-electron chi connectivity index (χ2n) is 1.78. The van der Waals surface area contributed by atoms with Crippen molar-refractivity contribution in [3.8, 4) is 0 Å². The number of rotatable bonds is 0. The lowest BCUT2D eigenvalue weighted by atomic mass is 10.6. The number of nitrogens with two attached hydrogens (primary N) is 1. The van der Waals surface area contributed by atoms with E-state index in [9.17, 15) is 0 Å². The maximum atomic E-state index is 5.43. The van der Waals surface area contributed by atoms with Crippen molar-refractivity contribution in [2.45, 2.75) is 0 Å². The van der Waals surface area contributed by atoms with Gasteiger partial charge in [-0.2, -0.15) is 5.10 Å². The van der Waals surface area contributed by atoms with Crippen LogP contribution >= 0.6 is 0 Å². The van der Waals surface area contributed by atoms with E-state index in [0.717, 1.165) is 0 Å². The average Bonchev–Trinajstić information content (AvgIpc) is 2.36. The van der Waals surface area contributed by atoms with Crippen LogP contribution in [0, 0.1) is 6.20 Å². The summed E-state index contributed by atoms with van der Waals surface area (Å²) in [6.07, 6.45) is 5.56. The molecule has 49 valence electrons. The van der Waals surface area contributed by atoms with Gasteiger partial charge in [-0.3, -0.25) is 0 Å². The number of hydrogen-bond donors (Lipinski definition) is 1. The van der Waals surface area contributed by atoms with Crippen LogP contribution in [-0.2, 0) is 0 Å². The molecule has 0 aromatic carbocycles. The average molecular weight is 134 g/mol. The zero-order chi connectivity index (χ0) is 6.97. The number of aromatic nitrogens is 4. The Morgan fingerprint density at radius 3 is 3.30 bits per heavy atom. The molecular weight excluding hydrogens is 130 g/mol. The van der Waals surface area contributed by atoms with Crippen LogP contribution in [0.5, 0.6) is 0 Å². The molecule has 0 amide bonds. The Morgan fingerprint density at radius 2 is 2.50 bits per heavy atom. The van der Waals surface area contributed by atoms with Crippen LogP contribution in [0.3, 0.4) is 0 Å². The SMILES string of the molecule is Nc1n[c]cn2ncnc12. The van der Waals surface area contributed by atoms with Crippen LogP contribution in [0.15, 0.2) is 12.5 Å². The van der Waals surface area contributed by atoms with Gasteiger partial charge in [0.05, 0.1) is 6.20 Å². The first-order chi connectivity index (χ1) is 4.88. The van der Waals surface area contributed by atoms with E-state index < -0.39 is 0 Å². The van der Waals surface area contributed by atoms with Crippen LogP contribution in [0.4, 0.5) is 5.82 Å². The molecular formula is C5H4N5. The Hall–Kier alpha value is -1.65. The van der Waals surface area contributed by atoms with Crippen molar-refractivity contribution in [3.63, 3.8) is 0 Å². The van der Waals surface area contributed by atoms with Crippen molar-refractivity contribution < 1.29 is 0 Å². The molecule has 0 unspecified atom stereocenters. The van der Waals surface area contributed by atoms with Gasteiger partial charge in [-0.15, -0.1) is 0 Å². The zero-order valence-electron chi connectivity index (χ0n) is 5.02. The van der Waals surface area contributed by atoms with Gasteiger partial charge in [-0.05, 0) is 0 Å². The fourth-order valence-corrected chi connectivity index (χ4v) is 0.731. The molecule has 0 fully saturated rings. The van der Waals surface area contributed by atoms with Crippen LogP contribution in [-0.4, -0.2) is 19.6 Å². The molecule has 0 saturated heterocycles. The predicted molar refractivity (Wildman–Crippen MR) is 34.0 cm³/mol. The van der Waals surface area contributed by atoms with Gasteiger partial charge < -0.3 is 5.73 Å². The van der Waals surface area contributed by atoms with Gasteiger partial charge >= 0.3 is 0 Å². The number of anilines is 1. The van der Waals surface area contributed by atoms with Gasteiger partial charge in [-0.1, -0.05) is 0 Å². The first-order valence-corrected chi connectivity index (χ1v) is 2.70. The van der Waals surface area contributed by atoms with Crippen molar-refractivity contribution in [2.75, 3.05) is 5.73 Å². The third kappa shape index (κ3) is 0.540. The van der Waals surface area contributed by atoms with E-state index in [1.54, 1.807) is 6.20 Å². The highest BCUT2D eigenvalue weighted by atomic mass is 15.3. The number of nitrogens with zero attached hydrogens (tertiary/aromatic N) is 4. The smallest absolute Gasteiger partial charge is 0.198 e. The van der Waals surface area contributed by atoms with Gasteiger partial charge in [0.1, 0.15) is 12.5 Å². The largest absolute Gasteiger partial charge is 0.381 e. The third-order valence-corrected chi connectivity index (χ3v) is 1.17. The lowest BCUT2D eigenvalue weighted by Crippen LogP contribution is -1.96. The van der Waals surface area contributed by atoms with E-state index in [1.807, 2.05) is 0 Å². The van der Waals surface area contributed by atoms with Gasteiger partial charge in [-0.25, -0.2) is 14.5 Å². The number of nitrogen functional groups attached to an aromatic ring is 1. The monoisotopic (exact) mass is 134 g/mol. The molecule has 0 saturated carbocycles. The summed E-state index contributed by atoms with van der Waals surface area (Å²) < 4.78 is 1.52. The van der Waals surface area contributed by atoms with E-state index >= 15 is 0 Å². The quantitative estimate of drug-likeness (QED) is 0.527. The Balaban J connectivity index is 2.95. The highest BCUT2D eigenvalue weighted by Gasteiger charge is 1.97. The summed E-state index contributed by atoms with van der Waals surface area (Å²) in [6.45, 7) is 0. The molecule has 0 aliphatic carbocycles. The second-order valence-corrected chi connectivity index (χ2v) is 1.78. The summed E-state index contributed by atoms with van der Waals surface area (Å²) in [5.41, 5.74) is 6.00. The molecule has 2 N–H and O–H groups in total. The molecule has 2 rings (SSSR count). The molecule has 5 heteroatoms. The molecule has 0 aliphatic rings. The molecule has 10 heavy (non-hydrogen) atoms. The lowest BCUT2D eigenvalue weighted by molar-refractivity contribution is 0.946. The van der Waals surface area contributed by atoms with E-state index in [4.69, 9.17) is 5.73 Å². The normalized spacial score (nSPS) is 10.4. The summed E-state index contributed by atoms with van der Waals surface area (Å²) in [5, 5.41) is 3.83. The molecule has 2 heterocycles. The first-order valence-electron chi connectivity index (χ1n) is 2.70. The summed E-state index contributed by atoms with van der Waals surface area (Å²) in [6, 6.07) is 0. The Bertz CT molecular complexity index is 352. The van der Waals surface area contributed by atoms with Crippen molar-refractivity contribution in [2.24, 2.45) is 0 Å². The fourth-order valence-electron chi connectivity index (χ4n) is 0.731. The summed E-state index contributed by atoms with van der Waals surface area (Å²) in [7, 11) is 0. The minimum Gasteiger partial charge on any atom is -0.381 e. The van der Waals surface area contributed by atoms with Crippen LogP contribution in [0.1, 0.15) is 0 Å². The third-order valence-electron chi connectivity index (χ3n) is 1.17. The fraction of sp³-hybridized carbons (Fsp3) is 0. The maximum Gasteiger partial charge on any atom is 0.198 e. The van der Waals surface area contributed by atoms with E-state index in [0.29, 0.717) is 11.5 Å². The van der Waals surface area contributed by atoms with E-state index in [2.05, 4.69) is 21.3 Å². The van der Waals surface area contributed by atoms with Crippen LogP contribution in [0.2, 0.25) is 0 Å². The topological polar surface area (TPSA) is 69.1 Å². The summed E-state index contributed by atoms with van der Waals surface area (Å²) in [5.74, 6) is 0.347. The predicted octanol–water partition coefficient (Wildman–Crippen LogP) is -0.493. The highest BCUT2D eigenvalue weighted by Crippen LogP contribution is 2.02. The Morgan fingerprint density at radius 1 is 1.60 bits per heavy atom. The van der Waals surface area contributed by atoms with Crippen LogP contribution in [0.25, 0.3) is 5.65 Å². The minimum absolute atomic E-state index is 0.347. The molecule has 0 aliphatic heterocycles. The summed E-state index contributed by atoms with van der Waals surface area (Å²) in [4.78, 5) is 7.57. The van der Waals surface area contributed by atoms with Crippen molar-refractivity contribution in [3.05, 3.63) is 18.7 Å². The molecule has 5 nitrogen and oxygen atoms in total. The van der Waals surface area contributed by atoms with E-state index in [-0.39, 0.29) is 0 Å². The van der Waals surface area contributed by atoms with Crippen molar-refractivity contribution >= 4 is 11.5 Å². The molecule has 0 spiro atoms. The van der Waals surface area contributed by atoms with Gasteiger partial charge in [0.25, 0.3) is 0 Å². The molecule has 1 radical (unpaired) electrons. The van der Waals surface area contributed by atoms with Crippen molar-refractivity contribution in [1.29, 1.82) is 0 Å². The number of fused-ring (bicyclic) bond motifs is 1. The minimum atomic E-state index is 0.347. The second kappa shape index (κ2) is 1.66. The Labute approximate surface area is 56.5 Å². The summed E-state index contributed by atoms with van der Waals surface area (Å²) >= 11 is 0. The first kappa shape index (κ1) is 5.16. The van der Waals surface area contributed by atoms with Gasteiger partial charge in [0.15, 0.2) is 11.5 Å². The Kier molecular flexibility index (Phi) is 0.858. The van der Waals surface area contributed by atoms with Crippen LogP contribution < -0.4 is 5.73 Å². The van der Waals surface area contributed by atoms with Gasteiger partial charge in [0, 0.05) is 0 Å². The molecule has 0 atom stereocenters. The standard InChI is InChI=1S/C5H4N5/c6-4-5-8-3-9-10(5)2-1-7-4/h2-3H,(H2,6,7). The van der Waals surface area contributed by atoms with Crippen molar-refractivity contribution in [1.82, 2.24) is 19.6 Å². The zero-order valence-corrected chi connectivity index (χ0v) is 5.02. The molecule has 2 aromatic rings.